The van der Waals surface area contributed by atoms with Gasteiger partial charge in [0.2, 0.25) is 0 Å². The van der Waals surface area contributed by atoms with E-state index < -0.39 is 5.82 Å². The molecule has 1 saturated heterocycles. The lowest BCUT2D eigenvalue weighted by atomic mass is 9.92. The lowest BCUT2D eigenvalue weighted by molar-refractivity contribution is 0.150. The maximum atomic E-state index is 14.0. The summed E-state index contributed by atoms with van der Waals surface area (Å²) in [6.07, 6.45) is 1.97. The van der Waals surface area contributed by atoms with Gasteiger partial charge in [0.05, 0.1) is 11.0 Å². The van der Waals surface area contributed by atoms with Gasteiger partial charge in [0.25, 0.3) is 0 Å². The number of likely N-dealkylation sites (N-methyl/N-ethyl adjacent to an activating group) is 1. The molecule has 0 atom stereocenters. The Bertz CT molecular complexity index is 1510. The highest BCUT2D eigenvalue weighted by Crippen LogP contribution is 2.38. The van der Waals surface area contributed by atoms with Gasteiger partial charge in [-0.15, -0.1) is 0 Å². The number of rotatable bonds is 4. The summed E-state index contributed by atoms with van der Waals surface area (Å²) >= 11 is 0. The Labute approximate surface area is 213 Å². The molecule has 1 N–H and O–H groups in total. The van der Waals surface area contributed by atoms with Gasteiger partial charge in [-0.1, -0.05) is 12.1 Å². The van der Waals surface area contributed by atoms with E-state index in [0.29, 0.717) is 17.9 Å². The molecule has 6 nitrogen and oxygen atoms in total. The molecule has 3 aromatic carbocycles. The van der Waals surface area contributed by atoms with Gasteiger partial charge in [-0.25, -0.2) is 13.6 Å². The van der Waals surface area contributed by atoms with Crippen molar-refractivity contribution in [2.45, 2.75) is 13.2 Å². The molecule has 2 aliphatic rings. The molecule has 1 fully saturated rings. The second-order valence-corrected chi connectivity index (χ2v) is 9.79. The minimum Gasteiger partial charge on any atom is -0.488 e. The molecule has 8 heteroatoms. The molecule has 37 heavy (non-hydrogen) atoms. The third-order valence-corrected chi connectivity index (χ3v) is 7.32. The number of nitrogens with zero attached hydrogens (tertiary/aromatic N) is 3. The van der Waals surface area contributed by atoms with Crippen LogP contribution < -0.4 is 10.4 Å². The minimum absolute atomic E-state index is 0.126. The number of fused-ring (bicyclic) bond motifs is 3. The van der Waals surface area contributed by atoms with E-state index in [1.807, 2.05) is 24.3 Å². The average Bonchev–Trinajstić information content (AvgIpc) is 3.12. The molecular weight excluding hydrogens is 474 g/mol. The number of nitrogens with one attached hydrogen (secondary N) is 1. The van der Waals surface area contributed by atoms with E-state index in [4.69, 9.17) is 4.74 Å². The molecule has 190 valence electrons. The topological polar surface area (TPSA) is 53.5 Å². The molecule has 0 saturated carbocycles. The summed E-state index contributed by atoms with van der Waals surface area (Å²) < 4.78 is 35.6. The van der Waals surface area contributed by atoms with Crippen LogP contribution in [0.2, 0.25) is 0 Å². The fourth-order valence-corrected chi connectivity index (χ4v) is 5.21. The zero-order valence-electron chi connectivity index (χ0n) is 20.6. The van der Waals surface area contributed by atoms with Crippen molar-refractivity contribution in [2.75, 3.05) is 39.8 Å². The summed E-state index contributed by atoms with van der Waals surface area (Å²) in [6.45, 7) is 5.68. The SMILES string of the molecule is CN1CCN(CCn2c(=O)[nH]c3cc(/C=C4\c5ccc(F)cc5COc5cc(F)ccc54)ccc32)CC1. The van der Waals surface area contributed by atoms with Crippen molar-refractivity contribution in [3.05, 3.63) is 99.0 Å². The lowest BCUT2D eigenvalue weighted by Crippen LogP contribution is -2.45. The van der Waals surface area contributed by atoms with Crippen LogP contribution in [-0.2, 0) is 13.2 Å². The summed E-state index contributed by atoms with van der Waals surface area (Å²) in [6, 6.07) is 14.9. The first-order chi connectivity index (χ1) is 17.9. The largest absolute Gasteiger partial charge is 0.488 e. The third-order valence-electron chi connectivity index (χ3n) is 7.32. The third kappa shape index (κ3) is 4.70. The standard InChI is InChI=1S/C29H28F2N4O2/c1-33-8-10-34(11-9-33)12-13-35-27-7-2-19(15-26(27)32-29(35)36)14-25-23-5-3-21(30)16-20(23)18-37-28-17-22(31)4-6-24(25)28/h2-7,14-17H,8-13,18H2,1H3,(H,32,36)/b25-14+. The molecule has 0 radical (unpaired) electrons. The van der Waals surface area contributed by atoms with Gasteiger partial charge >= 0.3 is 5.69 Å². The van der Waals surface area contributed by atoms with Crippen LogP contribution in [0, 0.1) is 11.6 Å². The van der Waals surface area contributed by atoms with Gasteiger partial charge in [-0.3, -0.25) is 9.47 Å². The Morgan fingerprint density at radius 2 is 1.68 bits per heavy atom. The van der Waals surface area contributed by atoms with Crippen molar-refractivity contribution in [1.29, 1.82) is 0 Å². The number of imidazole rings is 1. The number of halogens is 2. The van der Waals surface area contributed by atoms with Crippen LogP contribution >= 0.6 is 0 Å². The second-order valence-electron chi connectivity index (χ2n) is 9.79. The highest BCUT2D eigenvalue weighted by molar-refractivity contribution is 5.95. The van der Waals surface area contributed by atoms with Crippen molar-refractivity contribution in [3.8, 4) is 5.75 Å². The van der Waals surface area contributed by atoms with Gasteiger partial charge in [-0.05, 0) is 66.2 Å². The molecule has 6 rings (SSSR count). The first kappa shape index (κ1) is 23.6. The zero-order chi connectivity index (χ0) is 25.5. The molecule has 0 spiro atoms. The Morgan fingerprint density at radius 3 is 2.49 bits per heavy atom. The van der Waals surface area contributed by atoms with Crippen molar-refractivity contribution in [1.82, 2.24) is 19.4 Å². The van der Waals surface area contributed by atoms with Gasteiger partial charge in [0.1, 0.15) is 24.0 Å². The number of benzene rings is 3. The molecule has 1 aromatic heterocycles. The normalized spacial score (nSPS) is 17.4. The number of aromatic nitrogens is 2. The summed E-state index contributed by atoms with van der Waals surface area (Å²) in [5.74, 6) is -0.338. The van der Waals surface area contributed by atoms with Gasteiger partial charge in [-0.2, -0.15) is 0 Å². The first-order valence-electron chi connectivity index (χ1n) is 12.5. The molecule has 0 bridgehead atoms. The average molecular weight is 503 g/mol. The van der Waals surface area contributed by atoms with Crippen LogP contribution in [0.4, 0.5) is 8.78 Å². The number of piperazine rings is 1. The quantitative estimate of drug-likeness (QED) is 0.451. The van der Waals surface area contributed by atoms with Crippen molar-refractivity contribution >= 4 is 22.7 Å². The van der Waals surface area contributed by atoms with Crippen LogP contribution in [0.25, 0.3) is 22.7 Å². The summed E-state index contributed by atoms with van der Waals surface area (Å²) in [7, 11) is 2.13. The van der Waals surface area contributed by atoms with Gasteiger partial charge < -0.3 is 14.6 Å². The molecular formula is C29H28F2N4O2. The predicted molar refractivity (Wildman–Crippen MR) is 141 cm³/mol. The summed E-state index contributed by atoms with van der Waals surface area (Å²) in [5.41, 5.74) is 5.39. The van der Waals surface area contributed by atoms with E-state index >= 15 is 0 Å². The zero-order valence-corrected chi connectivity index (χ0v) is 20.6. The number of hydrogen-bond acceptors (Lipinski definition) is 4. The van der Waals surface area contributed by atoms with Crippen molar-refractivity contribution < 1.29 is 13.5 Å². The van der Waals surface area contributed by atoms with Crippen LogP contribution in [-0.4, -0.2) is 59.1 Å². The van der Waals surface area contributed by atoms with Crippen LogP contribution in [0.1, 0.15) is 22.3 Å². The molecule has 0 unspecified atom stereocenters. The highest BCUT2D eigenvalue weighted by atomic mass is 19.1. The predicted octanol–water partition coefficient (Wildman–Crippen LogP) is 4.34. The number of aromatic amines is 1. The fraction of sp³-hybridized carbons (Fsp3) is 0.276. The minimum atomic E-state index is -0.396. The number of ether oxygens (including phenoxy) is 1. The maximum Gasteiger partial charge on any atom is 0.326 e. The molecule has 4 aromatic rings. The van der Waals surface area contributed by atoms with E-state index in [2.05, 4.69) is 21.8 Å². The van der Waals surface area contributed by atoms with E-state index in [-0.39, 0.29) is 18.1 Å². The highest BCUT2D eigenvalue weighted by Gasteiger charge is 2.21. The number of hydrogen-bond donors (Lipinski definition) is 1. The van der Waals surface area contributed by atoms with Crippen LogP contribution in [0.5, 0.6) is 5.75 Å². The van der Waals surface area contributed by atoms with E-state index in [9.17, 15) is 13.6 Å². The maximum absolute atomic E-state index is 14.0. The number of H-pyrrole nitrogens is 1. The first-order valence-corrected chi connectivity index (χ1v) is 12.5. The molecule has 0 amide bonds. The summed E-state index contributed by atoms with van der Waals surface area (Å²) in [4.78, 5) is 20.5. The smallest absolute Gasteiger partial charge is 0.326 e. The Morgan fingerprint density at radius 1 is 0.919 bits per heavy atom. The molecule has 2 aliphatic heterocycles. The molecule has 0 aliphatic carbocycles. The lowest BCUT2D eigenvalue weighted by Gasteiger charge is -2.32. The Kier molecular flexibility index (Phi) is 6.14. The van der Waals surface area contributed by atoms with E-state index in [1.165, 1.54) is 24.3 Å². The second kappa shape index (κ2) is 9.61. The summed E-state index contributed by atoms with van der Waals surface area (Å²) in [5, 5.41) is 0. The monoisotopic (exact) mass is 502 g/mol. The van der Waals surface area contributed by atoms with E-state index in [1.54, 1.807) is 16.7 Å². The van der Waals surface area contributed by atoms with Crippen LogP contribution in [0.15, 0.2) is 59.4 Å². The van der Waals surface area contributed by atoms with Crippen LogP contribution in [0.3, 0.4) is 0 Å². The van der Waals surface area contributed by atoms with E-state index in [0.717, 1.165) is 66.0 Å². The Hall–Kier alpha value is -3.75. The van der Waals surface area contributed by atoms with Gasteiger partial charge in [0, 0.05) is 56.5 Å². The van der Waals surface area contributed by atoms with Gasteiger partial charge in [0.15, 0.2) is 0 Å². The Balaban J connectivity index is 1.36. The fourth-order valence-electron chi connectivity index (χ4n) is 5.21. The molecule has 3 heterocycles. The van der Waals surface area contributed by atoms with Crippen molar-refractivity contribution in [3.63, 3.8) is 0 Å². The van der Waals surface area contributed by atoms with Crippen molar-refractivity contribution in [2.24, 2.45) is 0 Å².